The highest BCUT2D eigenvalue weighted by Crippen LogP contribution is 2.38. The molecule has 0 bridgehead atoms. The fraction of sp³-hybridized carbons (Fsp3) is 0.562. The smallest absolute Gasteiger partial charge is 0.111 e. The van der Waals surface area contributed by atoms with Gasteiger partial charge in [0.15, 0.2) is 0 Å². The summed E-state index contributed by atoms with van der Waals surface area (Å²) in [6.45, 7) is 2.38. The van der Waals surface area contributed by atoms with Gasteiger partial charge in [-0.1, -0.05) is 35.2 Å². The van der Waals surface area contributed by atoms with E-state index in [4.69, 9.17) is 16.6 Å². The third kappa shape index (κ3) is 2.50. The minimum absolute atomic E-state index is 0.190. The highest BCUT2D eigenvalue weighted by atomic mass is 79.9. The monoisotopic (exact) mass is 354 g/mol. The SMILES string of the molecule is CC1(n2c(CCCl)nc3ccc(Br)cc32)CCCCC1. The number of nitrogens with zero attached hydrogens (tertiary/aromatic N) is 2. The molecule has 0 saturated heterocycles. The van der Waals surface area contributed by atoms with E-state index < -0.39 is 0 Å². The lowest BCUT2D eigenvalue weighted by Crippen LogP contribution is -2.34. The second-order valence-corrected chi connectivity index (χ2v) is 7.29. The van der Waals surface area contributed by atoms with Gasteiger partial charge in [0.05, 0.1) is 11.0 Å². The van der Waals surface area contributed by atoms with Crippen molar-refractivity contribution in [3.63, 3.8) is 0 Å². The number of hydrogen-bond donors (Lipinski definition) is 0. The number of hydrogen-bond acceptors (Lipinski definition) is 1. The summed E-state index contributed by atoms with van der Waals surface area (Å²) >= 11 is 9.58. The summed E-state index contributed by atoms with van der Waals surface area (Å²) in [6.07, 6.45) is 7.29. The third-order valence-corrected chi connectivity index (χ3v) is 5.16. The zero-order valence-electron chi connectivity index (χ0n) is 11.8. The molecule has 1 aromatic heterocycles. The highest BCUT2D eigenvalue weighted by molar-refractivity contribution is 9.10. The van der Waals surface area contributed by atoms with Gasteiger partial charge in [0.1, 0.15) is 5.82 Å². The Hall–Kier alpha value is -0.540. The number of aromatic nitrogens is 2. The first-order valence-electron chi connectivity index (χ1n) is 7.37. The van der Waals surface area contributed by atoms with Gasteiger partial charge >= 0.3 is 0 Å². The van der Waals surface area contributed by atoms with Crippen molar-refractivity contribution in [1.82, 2.24) is 9.55 Å². The number of benzene rings is 1. The predicted molar refractivity (Wildman–Crippen MR) is 88.6 cm³/mol. The molecule has 0 radical (unpaired) electrons. The van der Waals surface area contributed by atoms with E-state index in [2.05, 4.69) is 45.6 Å². The first-order chi connectivity index (χ1) is 9.64. The summed E-state index contributed by atoms with van der Waals surface area (Å²) in [4.78, 5) is 4.82. The summed E-state index contributed by atoms with van der Waals surface area (Å²) in [5.74, 6) is 1.76. The van der Waals surface area contributed by atoms with Crippen molar-refractivity contribution in [2.45, 2.75) is 51.0 Å². The summed E-state index contributed by atoms with van der Waals surface area (Å²) in [6, 6.07) is 6.35. The molecule has 0 amide bonds. The Kier molecular flexibility index (Phi) is 4.09. The third-order valence-electron chi connectivity index (χ3n) is 4.47. The fourth-order valence-electron chi connectivity index (χ4n) is 3.49. The molecule has 1 fully saturated rings. The standard InChI is InChI=1S/C16H20BrClN2/c1-16(8-3-2-4-9-16)20-14-11-12(17)5-6-13(14)19-15(20)7-10-18/h5-6,11H,2-4,7-10H2,1H3. The molecule has 0 aliphatic heterocycles. The highest BCUT2D eigenvalue weighted by Gasteiger charge is 2.32. The predicted octanol–water partition coefficient (Wildman–Crippen LogP) is 5.26. The first kappa shape index (κ1) is 14.4. The van der Waals surface area contributed by atoms with Gasteiger partial charge in [-0.3, -0.25) is 0 Å². The van der Waals surface area contributed by atoms with Gasteiger partial charge in [-0.15, -0.1) is 11.6 Å². The lowest BCUT2D eigenvalue weighted by Gasteiger charge is -2.37. The van der Waals surface area contributed by atoms with Crippen LogP contribution in [-0.4, -0.2) is 15.4 Å². The lowest BCUT2D eigenvalue weighted by atomic mass is 9.82. The molecule has 108 valence electrons. The fourth-order valence-corrected chi connectivity index (χ4v) is 4.01. The minimum atomic E-state index is 0.190. The van der Waals surface area contributed by atoms with Crippen LogP contribution >= 0.6 is 27.5 Å². The number of aryl methyl sites for hydroxylation is 1. The maximum absolute atomic E-state index is 5.99. The van der Waals surface area contributed by atoms with E-state index in [9.17, 15) is 0 Å². The number of fused-ring (bicyclic) bond motifs is 1. The quantitative estimate of drug-likeness (QED) is 0.687. The second kappa shape index (κ2) is 5.69. The molecule has 0 atom stereocenters. The van der Waals surface area contributed by atoms with E-state index in [1.54, 1.807) is 0 Å². The number of halogens is 2. The van der Waals surface area contributed by atoms with Gasteiger partial charge in [-0.05, 0) is 38.0 Å². The average Bonchev–Trinajstić information content (AvgIpc) is 2.78. The molecule has 0 spiro atoms. The number of rotatable bonds is 3. The van der Waals surface area contributed by atoms with Crippen molar-refractivity contribution >= 4 is 38.6 Å². The maximum atomic E-state index is 5.99. The van der Waals surface area contributed by atoms with Crippen LogP contribution < -0.4 is 0 Å². The van der Waals surface area contributed by atoms with Crippen LogP contribution in [0.3, 0.4) is 0 Å². The Labute approximate surface area is 133 Å². The van der Waals surface area contributed by atoms with Crippen molar-refractivity contribution < 1.29 is 0 Å². The number of imidazole rings is 1. The summed E-state index contributed by atoms with van der Waals surface area (Å²) < 4.78 is 3.58. The maximum Gasteiger partial charge on any atom is 0.111 e. The summed E-state index contributed by atoms with van der Waals surface area (Å²) in [7, 11) is 0. The molecule has 20 heavy (non-hydrogen) atoms. The minimum Gasteiger partial charge on any atom is -0.322 e. The Morgan fingerprint density at radius 2 is 2.05 bits per heavy atom. The van der Waals surface area contributed by atoms with Crippen molar-refractivity contribution in [1.29, 1.82) is 0 Å². The normalized spacial score (nSPS) is 18.6. The molecule has 4 heteroatoms. The van der Waals surface area contributed by atoms with Gasteiger partial charge < -0.3 is 4.57 Å². The second-order valence-electron chi connectivity index (χ2n) is 5.99. The van der Waals surface area contributed by atoms with E-state index >= 15 is 0 Å². The van der Waals surface area contributed by atoms with Crippen molar-refractivity contribution in [2.24, 2.45) is 0 Å². The number of alkyl halides is 1. The molecule has 1 saturated carbocycles. The molecule has 1 aliphatic rings. The van der Waals surface area contributed by atoms with Gasteiger partial charge in [-0.25, -0.2) is 4.98 Å². The van der Waals surface area contributed by atoms with Crippen molar-refractivity contribution in [3.8, 4) is 0 Å². The van der Waals surface area contributed by atoms with Gasteiger partial charge in [0.2, 0.25) is 0 Å². The molecule has 1 aromatic carbocycles. The Morgan fingerprint density at radius 1 is 1.30 bits per heavy atom. The van der Waals surface area contributed by atoms with E-state index in [1.807, 2.05) is 0 Å². The Morgan fingerprint density at radius 3 is 2.75 bits per heavy atom. The van der Waals surface area contributed by atoms with E-state index in [-0.39, 0.29) is 5.54 Å². The van der Waals surface area contributed by atoms with Crippen LogP contribution in [0.2, 0.25) is 0 Å². The topological polar surface area (TPSA) is 17.8 Å². The first-order valence-corrected chi connectivity index (χ1v) is 8.70. The van der Waals surface area contributed by atoms with Crippen LogP contribution in [0.5, 0.6) is 0 Å². The Bertz CT molecular complexity index is 614. The van der Waals surface area contributed by atoms with Crippen LogP contribution in [0, 0.1) is 0 Å². The molecule has 2 nitrogen and oxygen atoms in total. The van der Waals surface area contributed by atoms with Crippen LogP contribution in [0.25, 0.3) is 11.0 Å². The van der Waals surface area contributed by atoms with E-state index in [1.165, 1.54) is 37.6 Å². The summed E-state index contributed by atoms with van der Waals surface area (Å²) in [5.41, 5.74) is 2.51. The zero-order chi connectivity index (χ0) is 14.2. The molecule has 1 aliphatic carbocycles. The van der Waals surface area contributed by atoms with Crippen LogP contribution in [0.1, 0.15) is 44.9 Å². The largest absolute Gasteiger partial charge is 0.322 e. The average molecular weight is 356 g/mol. The molecule has 0 N–H and O–H groups in total. The van der Waals surface area contributed by atoms with Crippen molar-refractivity contribution in [3.05, 3.63) is 28.5 Å². The van der Waals surface area contributed by atoms with Crippen LogP contribution in [0.15, 0.2) is 22.7 Å². The lowest BCUT2D eigenvalue weighted by molar-refractivity contribution is 0.219. The summed E-state index contributed by atoms with van der Waals surface area (Å²) in [5, 5.41) is 0. The van der Waals surface area contributed by atoms with Crippen LogP contribution in [0.4, 0.5) is 0 Å². The molecule has 1 heterocycles. The van der Waals surface area contributed by atoms with E-state index in [0.29, 0.717) is 5.88 Å². The molecular formula is C16H20BrClN2. The van der Waals surface area contributed by atoms with Crippen molar-refractivity contribution in [2.75, 3.05) is 5.88 Å². The van der Waals surface area contributed by atoms with Gasteiger partial charge in [0.25, 0.3) is 0 Å². The van der Waals surface area contributed by atoms with E-state index in [0.717, 1.165) is 22.2 Å². The van der Waals surface area contributed by atoms with Gasteiger partial charge in [0, 0.05) is 22.3 Å². The molecule has 0 unspecified atom stereocenters. The molecular weight excluding hydrogens is 336 g/mol. The zero-order valence-corrected chi connectivity index (χ0v) is 14.2. The van der Waals surface area contributed by atoms with Gasteiger partial charge in [-0.2, -0.15) is 0 Å². The molecule has 3 rings (SSSR count). The van der Waals surface area contributed by atoms with Crippen LogP contribution in [-0.2, 0) is 12.0 Å². The molecule has 2 aromatic rings. The Balaban J connectivity index is 2.19.